The summed E-state index contributed by atoms with van der Waals surface area (Å²) >= 11 is 2.33. The van der Waals surface area contributed by atoms with Crippen molar-refractivity contribution in [3.8, 4) is 0 Å². The number of rotatable bonds is 4. The highest BCUT2D eigenvalue weighted by Crippen LogP contribution is 2.38. The van der Waals surface area contributed by atoms with Crippen LogP contribution >= 0.6 is 11.8 Å². The zero-order valence-corrected chi connectivity index (χ0v) is 12.4. The molecule has 0 saturated heterocycles. The summed E-state index contributed by atoms with van der Waals surface area (Å²) < 4.78 is 0. The van der Waals surface area contributed by atoms with Crippen LogP contribution in [0.25, 0.3) is 0 Å². The Hall–Kier alpha value is 0.310. The van der Waals surface area contributed by atoms with Crippen molar-refractivity contribution in [3.05, 3.63) is 0 Å². The quantitative estimate of drug-likeness (QED) is 0.807. The number of hydrogen-bond acceptors (Lipinski definition) is 2. The minimum atomic E-state index is 0.795. The Balaban J connectivity index is 1.85. The average Bonchev–Trinajstić information content (AvgIpc) is 2.34. The maximum absolute atomic E-state index is 3.72. The molecule has 0 amide bonds. The van der Waals surface area contributed by atoms with E-state index in [1.807, 2.05) is 0 Å². The summed E-state index contributed by atoms with van der Waals surface area (Å²) in [5.74, 6) is 0.950. The molecule has 1 N–H and O–H groups in total. The lowest BCUT2D eigenvalue weighted by atomic mass is 9.87. The molecule has 0 spiro atoms. The van der Waals surface area contributed by atoms with E-state index in [1.165, 1.54) is 51.4 Å². The molecule has 2 heteroatoms. The van der Waals surface area contributed by atoms with Gasteiger partial charge in [-0.05, 0) is 44.6 Å². The second kappa shape index (κ2) is 7.04. The first-order valence-corrected chi connectivity index (χ1v) is 8.62. The van der Waals surface area contributed by atoms with E-state index in [2.05, 4.69) is 30.9 Å². The Kier molecular flexibility index (Phi) is 5.68. The van der Waals surface area contributed by atoms with Crippen LogP contribution in [0.15, 0.2) is 0 Å². The van der Waals surface area contributed by atoms with Crippen molar-refractivity contribution in [1.82, 2.24) is 5.32 Å². The Morgan fingerprint density at radius 2 is 1.82 bits per heavy atom. The molecular formula is C15H29NS. The van der Waals surface area contributed by atoms with Gasteiger partial charge in [-0.15, -0.1) is 0 Å². The fraction of sp³-hybridized carbons (Fsp3) is 1.00. The lowest BCUT2D eigenvalue weighted by molar-refractivity contribution is 0.319. The van der Waals surface area contributed by atoms with Crippen LogP contribution in [-0.2, 0) is 0 Å². The predicted molar refractivity (Wildman–Crippen MR) is 78.7 cm³/mol. The molecule has 2 rings (SSSR count). The van der Waals surface area contributed by atoms with Gasteiger partial charge in [-0.1, -0.05) is 33.1 Å². The molecule has 0 bridgehead atoms. The molecule has 0 aromatic heterocycles. The van der Waals surface area contributed by atoms with Crippen LogP contribution in [-0.4, -0.2) is 23.1 Å². The highest BCUT2D eigenvalue weighted by molar-refractivity contribution is 8.00. The van der Waals surface area contributed by atoms with E-state index in [9.17, 15) is 0 Å². The molecule has 3 unspecified atom stereocenters. The van der Waals surface area contributed by atoms with Crippen LogP contribution in [0.3, 0.4) is 0 Å². The monoisotopic (exact) mass is 255 g/mol. The lowest BCUT2D eigenvalue weighted by Crippen LogP contribution is -2.43. The first kappa shape index (κ1) is 13.7. The van der Waals surface area contributed by atoms with Gasteiger partial charge in [-0.25, -0.2) is 0 Å². The number of hydrogen-bond donors (Lipinski definition) is 1. The summed E-state index contributed by atoms with van der Waals surface area (Å²) in [4.78, 5) is 0. The first-order chi connectivity index (χ1) is 8.29. The van der Waals surface area contributed by atoms with Crippen molar-refractivity contribution in [1.29, 1.82) is 0 Å². The topological polar surface area (TPSA) is 12.0 Å². The van der Waals surface area contributed by atoms with Gasteiger partial charge >= 0.3 is 0 Å². The second-order valence-electron chi connectivity index (χ2n) is 6.02. The molecule has 2 fully saturated rings. The van der Waals surface area contributed by atoms with E-state index in [0.717, 1.165) is 29.0 Å². The molecule has 0 aromatic rings. The van der Waals surface area contributed by atoms with E-state index in [1.54, 1.807) is 0 Å². The van der Waals surface area contributed by atoms with Crippen LogP contribution in [0.5, 0.6) is 0 Å². The van der Waals surface area contributed by atoms with Gasteiger partial charge in [0, 0.05) is 16.5 Å². The number of nitrogens with one attached hydrogen (secondary N) is 1. The highest BCUT2D eigenvalue weighted by Gasteiger charge is 2.30. The molecular weight excluding hydrogens is 226 g/mol. The van der Waals surface area contributed by atoms with Crippen molar-refractivity contribution in [2.45, 2.75) is 81.8 Å². The van der Waals surface area contributed by atoms with Gasteiger partial charge in [-0.2, -0.15) is 11.8 Å². The standard InChI is InChI=1S/C15H29NS/c1-3-16-14-10-9-12(2)11-15(14)17-13-7-5-4-6-8-13/h12-16H,3-11H2,1-2H3. The van der Waals surface area contributed by atoms with Crippen LogP contribution in [0, 0.1) is 5.92 Å². The first-order valence-electron chi connectivity index (χ1n) is 7.68. The van der Waals surface area contributed by atoms with Crippen LogP contribution in [0.4, 0.5) is 0 Å². The largest absolute Gasteiger partial charge is 0.313 e. The summed E-state index contributed by atoms with van der Waals surface area (Å²) in [6.45, 7) is 5.83. The minimum Gasteiger partial charge on any atom is -0.313 e. The van der Waals surface area contributed by atoms with Gasteiger partial charge in [0.1, 0.15) is 0 Å². The van der Waals surface area contributed by atoms with Gasteiger partial charge in [0.05, 0.1) is 0 Å². The fourth-order valence-corrected chi connectivity index (χ4v) is 5.38. The highest BCUT2D eigenvalue weighted by atomic mass is 32.2. The van der Waals surface area contributed by atoms with Gasteiger partial charge in [-0.3, -0.25) is 0 Å². The van der Waals surface area contributed by atoms with E-state index < -0.39 is 0 Å². The fourth-order valence-electron chi connectivity index (χ4n) is 3.42. The number of thioether (sulfide) groups is 1. The summed E-state index contributed by atoms with van der Waals surface area (Å²) in [7, 11) is 0. The predicted octanol–water partition coefficient (Wildman–Crippen LogP) is 4.22. The average molecular weight is 255 g/mol. The SMILES string of the molecule is CCNC1CCC(C)CC1SC1CCCCC1. The molecule has 2 saturated carbocycles. The molecule has 2 aliphatic carbocycles. The molecule has 0 aromatic carbocycles. The third-order valence-corrected chi connectivity index (χ3v) is 6.17. The van der Waals surface area contributed by atoms with E-state index >= 15 is 0 Å². The van der Waals surface area contributed by atoms with Gasteiger partial charge in [0.15, 0.2) is 0 Å². The lowest BCUT2D eigenvalue weighted by Gasteiger charge is -2.37. The molecule has 17 heavy (non-hydrogen) atoms. The summed E-state index contributed by atoms with van der Waals surface area (Å²) in [5.41, 5.74) is 0. The molecule has 2 aliphatic rings. The van der Waals surface area contributed by atoms with Crippen molar-refractivity contribution < 1.29 is 0 Å². The Morgan fingerprint density at radius 1 is 1.06 bits per heavy atom. The van der Waals surface area contributed by atoms with E-state index in [0.29, 0.717) is 0 Å². The maximum Gasteiger partial charge on any atom is 0.0206 e. The third kappa shape index (κ3) is 4.17. The normalized spacial score (nSPS) is 36.0. The van der Waals surface area contributed by atoms with Gasteiger partial charge in [0.25, 0.3) is 0 Å². The van der Waals surface area contributed by atoms with Crippen LogP contribution in [0.2, 0.25) is 0 Å². The maximum atomic E-state index is 3.72. The molecule has 0 aliphatic heterocycles. The molecule has 3 atom stereocenters. The van der Waals surface area contributed by atoms with E-state index in [4.69, 9.17) is 0 Å². The molecule has 100 valence electrons. The summed E-state index contributed by atoms with van der Waals surface area (Å²) in [5, 5.41) is 5.59. The molecule has 0 heterocycles. The Bertz CT molecular complexity index is 213. The van der Waals surface area contributed by atoms with Crippen molar-refractivity contribution in [2.75, 3.05) is 6.54 Å². The summed E-state index contributed by atoms with van der Waals surface area (Å²) in [6, 6.07) is 0.795. The minimum absolute atomic E-state index is 0.795. The zero-order valence-electron chi connectivity index (χ0n) is 11.6. The van der Waals surface area contributed by atoms with Crippen LogP contribution < -0.4 is 5.32 Å². The van der Waals surface area contributed by atoms with Crippen molar-refractivity contribution in [2.24, 2.45) is 5.92 Å². The smallest absolute Gasteiger partial charge is 0.0206 e. The van der Waals surface area contributed by atoms with Gasteiger partial charge < -0.3 is 5.32 Å². The van der Waals surface area contributed by atoms with E-state index in [-0.39, 0.29) is 0 Å². The Morgan fingerprint density at radius 3 is 2.53 bits per heavy atom. The van der Waals surface area contributed by atoms with Crippen molar-refractivity contribution >= 4 is 11.8 Å². The second-order valence-corrected chi connectivity index (χ2v) is 7.56. The van der Waals surface area contributed by atoms with Crippen molar-refractivity contribution in [3.63, 3.8) is 0 Å². The Labute approximate surface area is 112 Å². The molecule has 0 radical (unpaired) electrons. The zero-order chi connectivity index (χ0) is 12.1. The molecule has 1 nitrogen and oxygen atoms in total. The third-order valence-electron chi connectivity index (χ3n) is 4.44. The summed E-state index contributed by atoms with van der Waals surface area (Å²) in [6.07, 6.45) is 11.7. The van der Waals surface area contributed by atoms with Gasteiger partial charge in [0.2, 0.25) is 0 Å². The van der Waals surface area contributed by atoms with Crippen LogP contribution in [0.1, 0.15) is 65.2 Å².